The minimum atomic E-state index is 0.183. The third-order valence-corrected chi connectivity index (χ3v) is 2.87. The molecule has 1 unspecified atom stereocenters. The lowest BCUT2D eigenvalue weighted by atomic mass is 10.1. The average molecular weight is 220 g/mol. The van der Waals surface area contributed by atoms with Gasteiger partial charge in [0.15, 0.2) is 5.65 Å². The fourth-order valence-corrected chi connectivity index (χ4v) is 1.93. The number of nitrogens with zero attached hydrogens (tertiary/aromatic N) is 4. The highest BCUT2D eigenvalue weighted by Crippen LogP contribution is 2.21. The van der Waals surface area contributed by atoms with E-state index in [1.165, 1.54) is 0 Å². The van der Waals surface area contributed by atoms with Crippen molar-refractivity contribution in [3.8, 4) is 0 Å². The second kappa shape index (κ2) is 4.57. The van der Waals surface area contributed by atoms with E-state index in [4.69, 9.17) is 5.11 Å². The SMILES string of the molecule is CCC(CCO)n1cnc2c(C)ncnc21. The molecule has 1 atom stereocenters. The summed E-state index contributed by atoms with van der Waals surface area (Å²) in [6, 6.07) is 0.254. The van der Waals surface area contributed by atoms with E-state index in [0.717, 1.165) is 29.7 Å². The lowest BCUT2D eigenvalue weighted by molar-refractivity contribution is 0.256. The Morgan fingerprint density at radius 1 is 1.38 bits per heavy atom. The molecule has 0 aliphatic rings. The molecule has 2 rings (SSSR count). The van der Waals surface area contributed by atoms with Crippen LogP contribution in [-0.4, -0.2) is 31.2 Å². The summed E-state index contributed by atoms with van der Waals surface area (Å²) in [7, 11) is 0. The van der Waals surface area contributed by atoms with Crippen molar-refractivity contribution < 1.29 is 5.11 Å². The molecule has 5 heteroatoms. The number of aliphatic hydroxyl groups excluding tert-OH is 1. The van der Waals surface area contributed by atoms with Gasteiger partial charge in [0.05, 0.1) is 12.0 Å². The van der Waals surface area contributed by atoms with Crippen LogP contribution in [0.2, 0.25) is 0 Å². The molecule has 16 heavy (non-hydrogen) atoms. The Kier molecular flexibility index (Phi) is 3.14. The van der Waals surface area contributed by atoms with Crippen LogP contribution >= 0.6 is 0 Å². The van der Waals surface area contributed by atoms with Crippen LogP contribution in [0.15, 0.2) is 12.7 Å². The monoisotopic (exact) mass is 220 g/mol. The molecule has 86 valence electrons. The predicted molar refractivity (Wildman–Crippen MR) is 61.1 cm³/mol. The van der Waals surface area contributed by atoms with E-state index in [1.54, 1.807) is 12.7 Å². The molecule has 0 amide bonds. The van der Waals surface area contributed by atoms with E-state index < -0.39 is 0 Å². The van der Waals surface area contributed by atoms with Gasteiger partial charge in [0.25, 0.3) is 0 Å². The fourth-order valence-electron chi connectivity index (χ4n) is 1.93. The van der Waals surface area contributed by atoms with Crippen LogP contribution in [0.3, 0.4) is 0 Å². The van der Waals surface area contributed by atoms with Gasteiger partial charge in [0, 0.05) is 12.6 Å². The van der Waals surface area contributed by atoms with Gasteiger partial charge in [-0.05, 0) is 19.8 Å². The topological polar surface area (TPSA) is 63.8 Å². The molecule has 2 aromatic rings. The fraction of sp³-hybridized carbons (Fsp3) is 0.545. The number of rotatable bonds is 4. The number of aliphatic hydroxyl groups is 1. The van der Waals surface area contributed by atoms with Crippen LogP contribution in [0.4, 0.5) is 0 Å². The molecule has 2 aromatic heterocycles. The Morgan fingerprint density at radius 3 is 2.88 bits per heavy atom. The summed E-state index contributed by atoms with van der Waals surface area (Å²) in [6.07, 6.45) is 5.03. The zero-order valence-electron chi connectivity index (χ0n) is 9.59. The molecule has 0 bridgehead atoms. The first-order valence-corrected chi connectivity index (χ1v) is 5.53. The molecule has 0 saturated heterocycles. The number of aromatic nitrogens is 4. The van der Waals surface area contributed by atoms with Crippen LogP contribution in [0.25, 0.3) is 11.2 Å². The number of imidazole rings is 1. The van der Waals surface area contributed by atoms with E-state index >= 15 is 0 Å². The first-order chi connectivity index (χ1) is 7.77. The van der Waals surface area contributed by atoms with Crippen LogP contribution in [-0.2, 0) is 0 Å². The van der Waals surface area contributed by atoms with Crippen LogP contribution in [0.5, 0.6) is 0 Å². The second-order valence-electron chi connectivity index (χ2n) is 3.86. The summed E-state index contributed by atoms with van der Waals surface area (Å²) in [5, 5.41) is 9.03. The normalized spacial score (nSPS) is 13.2. The number of hydrogen-bond acceptors (Lipinski definition) is 4. The smallest absolute Gasteiger partial charge is 0.163 e. The Bertz CT molecular complexity index is 480. The maximum Gasteiger partial charge on any atom is 0.163 e. The summed E-state index contributed by atoms with van der Waals surface area (Å²) < 4.78 is 2.03. The van der Waals surface area contributed by atoms with Gasteiger partial charge in [-0.1, -0.05) is 6.92 Å². The maximum absolute atomic E-state index is 9.03. The Morgan fingerprint density at radius 2 is 2.19 bits per heavy atom. The zero-order chi connectivity index (χ0) is 11.5. The van der Waals surface area contributed by atoms with Gasteiger partial charge < -0.3 is 9.67 Å². The first kappa shape index (κ1) is 11.0. The van der Waals surface area contributed by atoms with Crippen molar-refractivity contribution in [2.24, 2.45) is 0 Å². The summed E-state index contributed by atoms with van der Waals surface area (Å²) in [6.45, 7) is 4.21. The molecular weight excluding hydrogens is 204 g/mol. The summed E-state index contributed by atoms with van der Waals surface area (Å²) in [5.74, 6) is 0. The molecule has 0 spiro atoms. The van der Waals surface area contributed by atoms with Gasteiger partial charge in [-0.15, -0.1) is 0 Å². The van der Waals surface area contributed by atoms with E-state index in [2.05, 4.69) is 21.9 Å². The summed E-state index contributed by atoms with van der Waals surface area (Å²) in [5.41, 5.74) is 2.59. The zero-order valence-corrected chi connectivity index (χ0v) is 9.59. The van der Waals surface area contributed by atoms with Crippen LogP contribution < -0.4 is 0 Å². The summed E-state index contributed by atoms with van der Waals surface area (Å²) in [4.78, 5) is 12.7. The Balaban J connectivity index is 2.48. The molecule has 1 N–H and O–H groups in total. The molecule has 2 heterocycles. The highest BCUT2D eigenvalue weighted by molar-refractivity contribution is 5.72. The van der Waals surface area contributed by atoms with Crippen molar-refractivity contribution >= 4 is 11.2 Å². The van der Waals surface area contributed by atoms with Crippen molar-refractivity contribution in [1.82, 2.24) is 19.5 Å². The molecule has 0 aromatic carbocycles. The first-order valence-electron chi connectivity index (χ1n) is 5.53. The molecular formula is C11H16N4O. The van der Waals surface area contributed by atoms with E-state index in [-0.39, 0.29) is 12.6 Å². The van der Waals surface area contributed by atoms with Crippen LogP contribution in [0, 0.1) is 6.92 Å². The molecule has 0 fully saturated rings. The van der Waals surface area contributed by atoms with Crippen molar-refractivity contribution in [1.29, 1.82) is 0 Å². The van der Waals surface area contributed by atoms with E-state index in [0.29, 0.717) is 0 Å². The minimum absolute atomic E-state index is 0.183. The molecule has 5 nitrogen and oxygen atoms in total. The number of aryl methyl sites for hydroxylation is 1. The predicted octanol–water partition coefficient (Wildman–Crippen LogP) is 1.47. The average Bonchev–Trinajstić information content (AvgIpc) is 2.71. The van der Waals surface area contributed by atoms with Crippen LogP contribution in [0.1, 0.15) is 31.5 Å². The van der Waals surface area contributed by atoms with E-state index in [9.17, 15) is 0 Å². The molecule has 0 radical (unpaired) electrons. The van der Waals surface area contributed by atoms with Gasteiger partial charge in [-0.2, -0.15) is 0 Å². The quantitative estimate of drug-likeness (QED) is 0.847. The number of fused-ring (bicyclic) bond motifs is 1. The van der Waals surface area contributed by atoms with Crippen molar-refractivity contribution in [2.75, 3.05) is 6.61 Å². The lowest BCUT2D eigenvalue weighted by Crippen LogP contribution is -2.09. The lowest BCUT2D eigenvalue weighted by Gasteiger charge is -2.15. The van der Waals surface area contributed by atoms with Gasteiger partial charge in [0.1, 0.15) is 11.8 Å². The number of hydrogen-bond donors (Lipinski definition) is 1. The third-order valence-electron chi connectivity index (χ3n) is 2.87. The summed E-state index contributed by atoms with van der Waals surface area (Å²) >= 11 is 0. The van der Waals surface area contributed by atoms with Crippen molar-refractivity contribution in [2.45, 2.75) is 32.7 Å². The van der Waals surface area contributed by atoms with Gasteiger partial charge in [-0.25, -0.2) is 15.0 Å². The third kappa shape index (κ3) is 1.78. The Labute approximate surface area is 94.2 Å². The minimum Gasteiger partial charge on any atom is -0.396 e. The molecule has 0 aliphatic heterocycles. The second-order valence-corrected chi connectivity index (χ2v) is 3.86. The van der Waals surface area contributed by atoms with E-state index in [1.807, 2.05) is 11.5 Å². The van der Waals surface area contributed by atoms with Gasteiger partial charge in [-0.3, -0.25) is 0 Å². The molecule has 0 saturated carbocycles. The highest BCUT2D eigenvalue weighted by Gasteiger charge is 2.13. The molecule has 0 aliphatic carbocycles. The van der Waals surface area contributed by atoms with Gasteiger partial charge >= 0.3 is 0 Å². The van der Waals surface area contributed by atoms with Gasteiger partial charge in [0.2, 0.25) is 0 Å². The highest BCUT2D eigenvalue weighted by atomic mass is 16.3. The standard InChI is InChI=1S/C11H16N4O/c1-3-9(4-5-16)15-7-14-10-8(2)12-6-13-11(10)15/h6-7,9,16H,3-5H2,1-2H3. The largest absolute Gasteiger partial charge is 0.396 e. The van der Waals surface area contributed by atoms with Crippen molar-refractivity contribution in [3.05, 3.63) is 18.3 Å². The maximum atomic E-state index is 9.03. The van der Waals surface area contributed by atoms with Crippen molar-refractivity contribution in [3.63, 3.8) is 0 Å². The Hall–Kier alpha value is -1.49.